The Morgan fingerprint density at radius 3 is 2.82 bits per heavy atom. The minimum absolute atomic E-state index is 0.112. The lowest BCUT2D eigenvalue weighted by Gasteiger charge is -2.16. The molecular weight excluding hydrogens is 252 g/mol. The maximum atomic E-state index is 11.5. The highest BCUT2D eigenvalue weighted by Crippen LogP contribution is 2.30. The molecule has 3 N–H and O–H groups in total. The zero-order valence-electron chi connectivity index (χ0n) is 8.62. The minimum atomic E-state index is -1.35. The van der Waals surface area contributed by atoms with Crippen molar-refractivity contribution < 1.29 is 14.9 Å². The summed E-state index contributed by atoms with van der Waals surface area (Å²) in [5.74, 6) is 0. The largest absolute Gasteiger partial charge is 0.390 e. The second kappa shape index (κ2) is 4.61. The van der Waals surface area contributed by atoms with Crippen LogP contribution in [-0.4, -0.2) is 37.5 Å². The highest BCUT2D eigenvalue weighted by Gasteiger charge is 2.39. The van der Waals surface area contributed by atoms with Gasteiger partial charge < -0.3 is 14.9 Å². The third kappa shape index (κ3) is 2.42. The van der Waals surface area contributed by atoms with Gasteiger partial charge in [0.15, 0.2) is 5.56 Å². The van der Waals surface area contributed by atoms with Crippen molar-refractivity contribution in [3.05, 3.63) is 33.1 Å². The van der Waals surface area contributed by atoms with Crippen LogP contribution in [0.4, 0.5) is 0 Å². The smallest absolute Gasteiger partial charge is 0.330 e. The zero-order chi connectivity index (χ0) is 12.6. The van der Waals surface area contributed by atoms with E-state index in [9.17, 15) is 14.7 Å². The van der Waals surface area contributed by atoms with Crippen LogP contribution in [0, 0.1) is 0 Å². The van der Waals surface area contributed by atoms with Crippen LogP contribution < -0.4 is 11.2 Å². The lowest BCUT2D eigenvalue weighted by atomic mass is 10.2. The van der Waals surface area contributed by atoms with E-state index in [0.29, 0.717) is 0 Å². The number of aliphatic hydroxyl groups excluding tert-OH is 2. The molecule has 2 heterocycles. The number of aromatic nitrogens is 2. The van der Waals surface area contributed by atoms with Crippen molar-refractivity contribution in [2.24, 2.45) is 0 Å². The van der Waals surface area contributed by atoms with Crippen molar-refractivity contribution in [2.75, 3.05) is 0 Å². The Morgan fingerprint density at radius 2 is 2.29 bits per heavy atom. The average Bonchev–Trinajstić information content (AvgIpc) is 2.60. The van der Waals surface area contributed by atoms with E-state index in [-0.39, 0.29) is 6.42 Å². The first-order valence-electron chi connectivity index (χ1n) is 4.96. The Hall–Kier alpha value is -1.15. The SMILES string of the molecule is O=c1ccn([C@H]2C[C@H](O)[C@@H](C(O)Cl)O2)c(=O)[nH]1. The Labute approximate surface area is 100 Å². The highest BCUT2D eigenvalue weighted by molar-refractivity contribution is 6.19. The molecule has 8 heteroatoms. The number of halogens is 1. The number of rotatable bonds is 2. The van der Waals surface area contributed by atoms with E-state index in [0.717, 1.165) is 4.57 Å². The lowest BCUT2D eigenvalue weighted by Crippen LogP contribution is -2.32. The Morgan fingerprint density at radius 1 is 1.59 bits per heavy atom. The second-order valence-corrected chi connectivity index (χ2v) is 4.20. The Bertz CT molecular complexity index is 511. The molecule has 0 spiro atoms. The molecule has 1 aliphatic heterocycles. The fraction of sp³-hybridized carbons (Fsp3) is 0.556. The van der Waals surface area contributed by atoms with Crippen LogP contribution in [0.25, 0.3) is 0 Å². The monoisotopic (exact) mass is 262 g/mol. The molecule has 1 fully saturated rings. The molecule has 1 unspecified atom stereocenters. The summed E-state index contributed by atoms with van der Waals surface area (Å²) >= 11 is 5.42. The number of aliphatic hydroxyl groups is 2. The van der Waals surface area contributed by atoms with Gasteiger partial charge in [-0.3, -0.25) is 14.3 Å². The van der Waals surface area contributed by atoms with Crippen LogP contribution in [0.5, 0.6) is 0 Å². The van der Waals surface area contributed by atoms with Crippen LogP contribution in [-0.2, 0) is 4.74 Å². The maximum Gasteiger partial charge on any atom is 0.330 e. The van der Waals surface area contributed by atoms with Crippen LogP contribution in [0.15, 0.2) is 21.9 Å². The molecule has 94 valence electrons. The van der Waals surface area contributed by atoms with Gasteiger partial charge in [-0.2, -0.15) is 0 Å². The first-order valence-corrected chi connectivity index (χ1v) is 5.40. The van der Waals surface area contributed by atoms with Gasteiger partial charge in [0.25, 0.3) is 5.56 Å². The fourth-order valence-electron chi connectivity index (χ4n) is 1.75. The molecule has 1 aromatic heterocycles. The fourth-order valence-corrected chi connectivity index (χ4v) is 1.98. The molecule has 0 saturated carbocycles. The molecule has 1 aromatic rings. The topological polar surface area (TPSA) is 105 Å². The molecule has 0 radical (unpaired) electrons. The van der Waals surface area contributed by atoms with Gasteiger partial charge in [0.05, 0.1) is 6.10 Å². The van der Waals surface area contributed by atoms with E-state index < -0.39 is 35.2 Å². The third-order valence-electron chi connectivity index (χ3n) is 2.57. The van der Waals surface area contributed by atoms with E-state index in [2.05, 4.69) is 4.98 Å². The molecule has 2 rings (SSSR count). The summed E-state index contributed by atoms with van der Waals surface area (Å²) < 4.78 is 6.38. The maximum absolute atomic E-state index is 11.5. The molecule has 7 nitrogen and oxygen atoms in total. The summed E-state index contributed by atoms with van der Waals surface area (Å²) in [6, 6.07) is 1.17. The molecule has 0 aromatic carbocycles. The van der Waals surface area contributed by atoms with Crippen molar-refractivity contribution in [3.8, 4) is 0 Å². The molecular formula is C9H11ClN2O5. The van der Waals surface area contributed by atoms with Crippen LogP contribution in [0.1, 0.15) is 12.6 Å². The van der Waals surface area contributed by atoms with Crippen molar-refractivity contribution in [1.29, 1.82) is 0 Å². The normalized spacial score (nSPS) is 30.4. The number of H-pyrrole nitrogens is 1. The second-order valence-electron chi connectivity index (χ2n) is 3.75. The first-order chi connectivity index (χ1) is 7.99. The van der Waals surface area contributed by atoms with Crippen molar-refractivity contribution in [1.82, 2.24) is 9.55 Å². The summed E-state index contributed by atoms with van der Waals surface area (Å²) in [5, 5.41) is 18.7. The summed E-state index contributed by atoms with van der Waals surface area (Å²) in [5.41, 5.74) is -2.51. The standard InChI is InChI=1S/C9H11ClN2O5/c10-8(15)7-4(13)3-6(17-7)12-2-1-5(14)11-9(12)16/h1-2,4,6-8,13,15H,3H2,(H,11,14,16)/t4-,6+,7-,8?/m0/s1. The van der Waals surface area contributed by atoms with Gasteiger partial charge >= 0.3 is 5.69 Å². The number of ether oxygens (including phenoxy) is 1. The van der Waals surface area contributed by atoms with Gasteiger partial charge in [-0.25, -0.2) is 4.79 Å². The molecule has 4 atom stereocenters. The quantitative estimate of drug-likeness (QED) is 0.577. The van der Waals surface area contributed by atoms with Crippen LogP contribution >= 0.6 is 11.6 Å². The average molecular weight is 263 g/mol. The van der Waals surface area contributed by atoms with Crippen LogP contribution in [0.3, 0.4) is 0 Å². The van der Waals surface area contributed by atoms with E-state index in [1.165, 1.54) is 12.3 Å². The molecule has 0 bridgehead atoms. The molecule has 0 amide bonds. The van der Waals surface area contributed by atoms with Gasteiger partial charge in [0.2, 0.25) is 0 Å². The number of nitrogens with zero attached hydrogens (tertiary/aromatic N) is 1. The zero-order valence-corrected chi connectivity index (χ0v) is 9.37. The van der Waals surface area contributed by atoms with Gasteiger partial charge in [0.1, 0.15) is 12.3 Å². The molecule has 17 heavy (non-hydrogen) atoms. The van der Waals surface area contributed by atoms with Crippen LogP contribution in [0.2, 0.25) is 0 Å². The van der Waals surface area contributed by atoms with Gasteiger partial charge in [-0.1, -0.05) is 11.6 Å². The Balaban J connectivity index is 2.26. The van der Waals surface area contributed by atoms with Crippen molar-refractivity contribution in [3.63, 3.8) is 0 Å². The predicted molar refractivity (Wildman–Crippen MR) is 57.7 cm³/mol. The number of hydrogen-bond acceptors (Lipinski definition) is 5. The molecule has 1 aliphatic rings. The van der Waals surface area contributed by atoms with E-state index in [4.69, 9.17) is 21.4 Å². The highest BCUT2D eigenvalue weighted by atomic mass is 35.5. The molecule has 1 saturated heterocycles. The van der Waals surface area contributed by atoms with Crippen molar-refractivity contribution in [2.45, 2.75) is 30.4 Å². The van der Waals surface area contributed by atoms with Gasteiger partial charge in [0, 0.05) is 18.7 Å². The van der Waals surface area contributed by atoms with Gasteiger partial charge in [-0.05, 0) is 0 Å². The third-order valence-corrected chi connectivity index (χ3v) is 2.82. The summed E-state index contributed by atoms with van der Waals surface area (Å²) in [7, 11) is 0. The summed E-state index contributed by atoms with van der Waals surface area (Å²) in [6.45, 7) is 0. The van der Waals surface area contributed by atoms with E-state index >= 15 is 0 Å². The van der Waals surface area contributed by atoms with E-state index in [1.54, 1.807) is 0 Å². The number of aromatic amines is 1. The van der Waals surface area contributed by atoms with Crippen molar-refractivity contribution >= 4 is 11.6 Å². The Kier molecular flexibility index (Phi) is 3.34. The van der Waals surface area contributed by atoms with E-state index in [1.807, 2.05) is 0 Å². The van der Waals surface area contributed by atoms with Gasteiger partial charge in [-0.15, -0.1) is 0 Å². The minimum Gasteiger partial charge on any atom is -0.390 e. The number of nitrogens with one attached hydrogen (secondary N) is 1. The predicted octanol–water partition coefficient (Wildman–Crippen LogP) is -1.26. The molecule has 0 aliphatic carbocycles. The summed E-state index contributed by atoms with van der Waals surface area (Å²) in [6.07, 6.45) is -1.30. The lowest BCUT2D eigenvalue weighted by molar-refractivity contribution is -0.0585. The number of alkyl halides is 1. The number of hydrogen-bond donors (Lipinski definition) is 3. The first kappa shape index (κ1) is 12.3. The summed E-state index contributed by atoms with van der Waals surface area (Å²) in [4.78, 5) is 24.4.